The van der Waals surface area contributed by atoms with E-state index in [1.165, 1.54) is 5.56 Å². The summed E-state index contributed by atoms with van der Waals surface area (Å²) in [7, 11) is 0. The smallest absolute Gasteiger partial charge is 0.309 e. The standard InChI is InChI=1S/C15H20O3/c1-15(2,14(16)17)8-12-5-3-11(4-6-12)7-13-9-18-10-13/h3-6,13H,7-10H2,1-2H3,(H,16,17). The molecule has 1 fully saturated rings. The van der Waals surface area contributed by atoms with E-state index in [0.29, 0.717) is 12.3 Å². The van der Waals surface area contributed by atoms with Crippen LogP contribution in [0.5, 0.6) is 0 Å². The molecule has 1 aromatic rings. The fraction of sp³-hybridized carbons (Fsp3) is 0.533. The van der Waals surface area contributed by atoms with E-state index >= 15 is 0 Å². The molecule has 0 saturated carbocycles. The van der Waals surface area contributed by atoms with Crippen LogP contribution in [0.15, 0.2) is 24.3 Å². The van der Waals surface area contributed by atoms with Gasteiger partial charge in [-0.05, 0) is 37.8 Å². The Morgan fingerprint density at radius 2 is 1.83 bits per heavy atom. The van der Waals surface area contributed by atoms with E-state index < -0.39 is 11.4 Å². The predicted octanol–water partition coefficient (Wildman–Crippen LogP) is 2.53. The molecule has 0 radical (unpaired) electrons. The fourth-order valence-corrected chi connectivity index (χ4v) is 2.11. The number of rotatable bonds is 5. The van der Waals surface area contributed by atoms with Crippen LogP contribution in [0.1, 0.15) is 25.0 Å². The van der Waals surface area contributed by atoms with Crippen molar-refractivity contribution in [2.24, 2.45) is 11.3 Å². The van der Waals surface area contributed by atoms with Crippen molar-refractivity contribution in [1.82, 2.24) is 0 Å². The lowest BCUT2D eigenvalue weighted by Gasteiger charge is -2.26. The second-order valence-electron chi connectivity index (χ2n) is 5.79. The summed E-state index contributed by atoms with van der Waals surface area (Å²) in [6.45, 7) is 5.26. The molecule has 1 saturated heterocycles. The zero-order chi connectivity index (χ0) is 13.2. The zero-order valence-corrected chi connectivity index (χ0v) is 11.0. The molecule has 1 aromatic carbocycles. The maximum Gasteiger partial charge on any atom is 0.309 e. The Balaban J connectivity index is 1.96. The Labute approximate surface area is 108 Å². The largest absolute Gasteiger partial charge is 0.481 e. The van der Waals surface area contributed by atoms with Crippen LogP contribution in [-0.4, -0.2) is 24.3 Å². The highest BCUT2D eigenvalue weighted by Gasteiger charge is 2.27. The summed E-state index contributed by atoms with van der Waals surface area (Å²) in [5.41, 5.74) is 1.68. The number of carbonyl (C=O) groups is 1. The van der Waals surface area contributed by atoms with Gasteiger partial charge < -0.3 is 9.84 Å². The number of hydrogen-bond donors (Lipinski definition) is 1. The highest BCUT2D eigenvalue weighted by Crippen LogP contribution is 2.23. The lowest BCUT2D eigenvalue weighted by molar-refractivity contribution is -0.146. The Bertz CT molecular complexity index is 416. The minimum absolute atomic E-state index is 0.565. The number of benzene rings is 1. The molecule has 3 heteroatoms. The van der Waals surface area contributed by atoms with Crippen LogP contribution in [0.3, 0.4) is 0 Å². The quantitative estimate of drug-likeness (QED) is 0.871. The monoisotopic (exact) mass is 248 g/mol. The molecule has 1 aliphatic heterocycles. The van der Waals surface area contributed by atoms with Gasteiger partial charge in [-0.1, -0.05) is 24.3 Å². The maximum atomic E-state index is 11.1. The van der Waals surface area contributed by atoms with Gasteiger partial charge in [0.25, 0.3) is 0 Å². The van der Waals surface area contributed by atoms with Gasteiger partial charge in [0, 0.05) is 5.92 Å². The van der Waals surface area contributed by atoms with Crippen molar-refractivity contribution in [2.45, 2.75) is 26.7 Å². The molecule has 1 N–H and O–H groups in total. The summed E-state index contributed by atoms with van der Waals surface area (Å²) in [6.07, 6.45) is 1.62. The van der Waals surface area contributed by atoms with Crippen molar-refractivity contribution in [1.29, 1.82) is 0 Å². The average Bonchev–Trinajstić information content (AvgIpc) is 2.25. The van der Waals surface area contributed by atoms with Gasteiger partial charge in [-0.15, -0.1) is 0 Å². The number of ether oxygens (including phenoxy) is 1. The van der Waals surface area contributed by atoms with Crippen LogP contribution >= 0.6 is 0 Å². The molecular weight excluding hydrogens is 228 g/mol. The summed E-state index contributed by atoms with van der Waals surface area (Å²) in [5.74, 6) is -0.0931. The fourth-order valence-electron chi connectivity index (χ4n) is 2.11. The molecule has 98 valence electrons. The number of hydrogen-bond acceptors (Lipinski definition) is 2. The molecule has 0 aromatic heterocycles. The van der Waals surface area contributed by atoms with Crippen LogP contribution in [0, 0.1) is 11.3 Å². The minimum atomic E-state index is -0.752. The van der Waals surface area contributed by atoms with Crippen LogP contribution in [-0.2, 0) is 22.4 Å². The third-order valence-electron chi connectivity index (χ3n) is 3.48. The van der Waals surface area contributed by atoms with Crippen LogP contribution in [0.4, 0.5) is 0 Å². The van der Waals surface area contributed by atoms with Crippen molar-refractivity contribution in [2.75, 3.05) is 13.2 Å². The Morgan fingerprint density at radius 1 is 1.28 bits per heavy atom. The lowest BCUT2D eigenvalue weighted by Crippen LogP contribution is -2.29. The van der Waals surface area contributed by atoms with E-state index in [0.717, 1.165) is 25.2 Å². The van der Waals surface area contributed by atoms with Crippen molar-refractivity contribution in [3.8, 4) is 0 Å². The second-order valence-corrected chi connectivity index (χ2v) is 5.79. The van der Waals surface area contributed by atoms with Gasteiger partial charge >= 0.3 is 5.97 Å². The molecule has 3 nitrogen and oxygen atoms in total. The van der Waals surface area contributed by atoms with Gasteiger partial charge in [0.05, 0.1) is 18.6 Å². The van der Waals surface area contributed by atoms with E-state index in [1.807, 2.05) is 12.1 Å². The first kappa shape index (κ1) is 13.1. The van der Waals surface area contributed by atoms with Crippen LogP contribution in [0.2, 0.25) is 0 Å². The van der Waals surface area contributed by atoms with E-state index in [-0.39, 0.29) is 0 Å². The van der Waals surface area contributed by atoms with Gasteiger partial charge in [0.1, 0.15) is 0 Å². The highest BCUT2D eigenvalue weighted by molar-refractivity contribution is 5.74. The Morgan fingerprint density at radius 3 is 2.28 bits per heavy atom. The van der Waals surface area contributed by atoms with E-state index in [1.54, 1.807) is 13.8 Å². The van der Waals surface area contributed by atoms with E-state index in [9.17, 15) is 4.79 Å². The second kappa shape index (κ2) is 5.11. The first-order valence-electron chi connectivity index (χ1n) is 6.36. The van der Waals surface area contributed by atoms with Gasteiger partial charge in [-0.2, -0.15) is 0 Å². The lowest BCUT2D eigenvalue weighted by atomic mass is 9.85. The highest BCUT2D eigenvalue weighted by atomic mass is 16.5. The molecule has 1 aliphatic rings. The molecule has 0 aliphatic carbocycles. The molecule has 1 heterocycles. The van der Waals surface area contributed by atoms with Gasteiger partial charge in [-0.3, -0.25) is 4.79 Å². The summed E-state index contributed by atoms with van der Waals surface area (Å²) >= 11 is 0. The molecule has 0 unspecified atom stereocenters. The first-order valence-corrected chi connectivity index (χ1v) is 6.36. The normalized spacial score (nSPS) is 16.3. The van der Waals surface area contributed by atoms with Gasteiger partial charge in [0.2, 0.25) is 0 Å². The summed E-state index contributed by atoms with van der Waals surface area (Å²) < 4.78 is 5.16. The Hall–Kier alpha value is -1.35. The topological polar surface area (TPSA) is 46.5 Å². The Kier molecular flexibility index (Phi) is 3.71. The number of carboxylic acids is 1. The van der Waals surface area contributed by atoms with Crippen molar-refractivity contribution in [3.05, 3.63) is 35.4 Å². The third kappa shape index (κ3) is 3.10. The zero-order valence-electron chi connectivity index (χ0n) is 11.0. The predicted molar refractivity (Wildman–Crippen MR) is 69.6 cm³/mol. The summed E-state index contributed by atoms with van der Waals surface area (Å²) in [4.78, 5) is 11.1. The molecule has 18 heavy (non-hydrogen) atoms. The van der Waals surface area contributed by atoms with Gasteiger partial charge in [0.15, 0.2) is 0 Å². The van der Waals surface area contributed by atoms with Crippen molar-refractivity contribution >= 4 is 5.97 Å². The molecule has 0 amide bonds. The van der Waals surface area contributed by atoms with E-state index in [4.69, 9.17) is 9.84 Å². The summed E-state index contributed by atoms with van der Waals surface area (Å²) in [6, 6.07) is 8.29. The molecule has 2 rings (SSSR count). The van der Waals surface area contributed by atoms with Crippen LogP contribution < -0.4 is 0 Å². The SMILES string of the molecule is CC(C)(Cc1ccc(CC2COC2)cc1)C(=O)O. The maximum absolute atomic E-state index is 11.1. The average molecular weight is 248 g/mol. The third-order valence-corrected chi connectivity index (χ3v) is 3.48. The van der Waals surface area contributed by atoms with Crippen molar-refractivity contribution in [3.63, 3.8) is 0 Å². The van der Waals surface area contributed by atoms with Gasteiger partial charge in [-0.25, -0.2) is 0 Å². The number of aliphatic carboxylic acids is 1. The molecule has 0 atom stereocenters. The van der Waals surface area contributed by atoms with Crippen LogP contribution in [0.25, 0.3) is 0 Å². The minimum Gasteiger partial charge on any atom is -0.481 e. The molecule has 0 spiro atoms. The first-order chi connectivity index (χ1) is 8.47. The molecule has 0 bridgehead atoms. The van der Waals surface area contributed by atoms with E-state index in [2.05, 4.69) is 12.1 Å². The number of carboxylic acid groups (broad SMARTS) is 1. The molecular formula is C15H20O3. The summed E-state index contributed by atoms with van der Waals surface area (Å²) in [5, 5.41) is 9.10. The van der Waals surface area contributed by atoms with Crippen molar-refractivity contribution < 1.29 is 14.6 Å².